The Labute approximate surface area is 160 Å². The van der Waals surface area contributed by atoms with Crippen molar-refractivity contribution in [2.24, 2.45) is 0 Å². The fourth-order valence-corrected chi connectivity index (χ4v) is 3.16. The van der Waals surface area contributed by atoms with Gasteiger partial charge in [-0.15, -0.1) is 0 Å². The van der Waals surface area contributed by atoms with Gasteiger partial charge in [-0.25, -0.2) is 4.57 Å². The molecule has 0 atom stereocenters. The Hall–Kier alpha value is -2.53. The molecule has 1 aromatic heterocycles. The van der Waals surface area contributed by atoms with E-state index in [0.29, 0.717) is 28.4 Å². The third-order valence-electron chi connectivity index (χ3n) is 4.33. The van der Waals surface area contributed by atoms with Crippen molar-refractivity contribution in [3.8, 4) is 28.0 Å². The highest BCUT2D eigenvalue weighted by atomic mass is 35.5. The number of aromatic nitrogens is 1. The lowest BCUT2D eigenvalue weighted by Crippen LogP contribution is -2.32. The Kier molecular flexibility index (Phi) is 5.42. The maximum Gasteiger partial charge on any atom is 0.416 e. The zero-order valence-electron chi connectivity index (χ0n) is 14.8. The van der Waals surface area contributed by atoms with E-state index in [0.717, 1.165) is 23.3 Å². The predicted molar refractivity (Wildman–Crippen MR) is 99.7 cm³/mol. The van der Waals surface area contributed by atoms with E-state index in [4.69, 9.17) is 16.3 Å². The van der Waals surface area contributed by atoms with Crippen LogP contribution in [-0.2, 0) is 12.7 Å². The predicted octanol–water partition coefficient (Wildman–Crippen LogP) is 6.01. The van der Waals surface area contributed by atoms with Crippen molar-refractivity contribution in [2.75, 3.05) is 7.11 Å². The van der Waals surface area contributed by atoms with Gasteiger partial charge < -0.3 is 4.74 Å². The van der Waals surface area contributed by atoms with E-state index in [9.17, 15) is 13.2 Å². The SMILES string of the molecule is CC[n+]1cc(-c2ccc(OC)cc2)c(Cl)c(-c2cccc(C(F)(F)F)c2)c1. The summed E-state index contributed by atoms with van der Waals surface area (Å²) in [5, 5.41) is 0.407. The molecule has 3 rings (SSSR count). The number of alkyl halides is 3. The molecule has 0 saturated heterocycles. The van der Waals surface area contributed by atoms with Gasteiger partial charge in [-0.1, -0.05) is 35.9 Å². The number of rotatable bonds is 4. The van der Waals surface area contributed by atoms with E-state index in [1.54, 1.807) is 19.4 Å². The van der Waals surface area contributed by atoms with E-state index in [1.165, 1.54) is 6.07 Å². The van der Waals surface area contributed by atoms with Crippen LogP contribution in [0.15, 0.2) is 60.9 Å². The number of nitrogens with zero attached hydrogens (tertiary/aromatic N) is 1. The highest BCUT2D eigenvalue weighted by molar-refractivity contribution is 6.35. The van der Waals surface area contributed by atoms with Crippen molar-refractivity contribution in [3.63, 3.8) is 0 Å². The lowest BCUT2D eigenvalue weighted by Gasteiger charge is -2.12. The first kappa shape index (κ1) is 19.2. The standard InChI is InChI=1S/C21H18ClF3NO/c1-3-26-12-18(14-7-9-17(27-2)10-8-14)20(22)19(13-26)15-5-4-6-16(11-15)21(23,24)25/h4-13H,3H2,1-2H3/q+1. The molecule has 0 radical (unpaired) electrons. The van der Waals surface area contributed by atoms with Crippen LogP contribution in [0.5, 0.6) is 5.75 Å². The number of hydrogen-bond acceptors (Lipinski definition) is 1. The molecule has 1 heterocycles. The normalized spacial score (nSPS) is 11.5. The van der Waals surface area contributed by atoms with Crippen LogP contribution in [-0.4, -0.2) is 7.11 Å². The van der Waals surface area contributed by atoms with Crippen molar-refractivity contribution >= 4 is 11.6 Å². The van der Waals surface area contributed by atoms with Crippen molar-refractivity contribution in [1.82, 2.24) is 0 Å². The van der Waals surface area contributed by atoms with Crippen LogP contribution in [0.4, 0.5) is 13.2 Å². The first-order chi connectivity index (χ1) is 12.8. The molecule has 2 aromatic carbocycles. The van der Waals surface area contributed by atoms with Gasteiger partial charge in [0.05, 0.1) is 28.8 Å². The average molecular weight is 393 g/mol. The molecule has 0 bridgehead atoms. The lowest BCUT2D eigenvalue weighted by molar-refractivity contribution is -0.692. The molecule has 0 fully saturated rings. The van der Waals surface area contributed by atoms with Gasteiger partial charge in [-0.3, -0.25) is 0 Å². The number of ether oxygens (including phenoxy) is 1. The summed E-state index contributed by atoms with van der Waals surface area (Å²) in [7, 11) is 1.58. The summed E-state index contributed by atoms with van der Waals surface area (Å²) >= 11 is 6.62. The fourth-order valence-electron chi connectivity index (χ4n) is 2.85. The smallest absolute Gasteiger partial charge is 0.416 e. The molecule has 6 heteroatoms. The Morgan fingerprint density at radius 3 is 2.15 bits per heavy atom. The second-order valence-electron chi connectivity index (χ2n) is 6.04. The van der Waals surface area contributed by atoms with Crippen molar-refractivity contribution < 1.29 is 22.5 Å². The molecular formula is C21H18ClF3NO+. The van der Waals surface area contributed by atoms with E-state index >= 15 is 0 Å². The minimum absolute atomic E-state index is 0.407. The summed E-state index contributed by atoms with van der Waals surface area (Å²) in [5.41, 5.74) is 1.88. The van der Waals surface area contributed by atoms with E-state index in [-0.39, 0.29) is 0 Å². The molecule has 0 unspecified atom stereocenters. The van der Waals surface area contributed by atoms with Crippen LogP contribution in [0, 0.1) is 0 Å². The van der Waals surface area contributed by atoms with Crippen molar-refractivity contribution in [1.29, 1.82) is 0 Å². The minimum atomic E-state index is -4.41. The number of pyridine rings is 1. The minimum Gasteiger partial charge on any atom is -0.497 e. The number of hydrogen-bond donors (Lipinski definition) is 0. The van der Waals surface area contributed by atoms with Gasteiger partial charge in [-0.05, 0) is 42.3 Å². The Morgan fingerprint density at radius 2 is 1.59 bits per heavy atom. The largest absolute Gasteiger partial charge is 0.497 e. The van der Waals surface area contributed by atoms with Crippen LogP contribution in [0.25, 0.3) is 22.3 Å². The third-order valence-corrected chi connectivity index (χ3v) is 4.74. The van der Waals surface area contributed by atoms with Gasteiger partial charge in [0.15, 0.2) is 12.4 Å². The summed E-state index contributed by atoms with van der Waals surface area (Å²) in [5.74, 6) is 0.715. The van der Waals surface area contributed by atoms with Crippen LogP contribution in [0.1, 0.15) is 12.5 Å². The van der Waals surface area contributed by atoms with Gasteiger partial charge in [0.1, 0.15) is 12.3 Å². The number of aryl methyl sites for hydroxylation is 1. The topological polar surface area (TPSA) is 13.1 Å². The number of methoxy groups -OCH3 is 1. The second-order valence-corrected chi connectivity index (χ2v) is 6.42. The van der Waals surface area contributed by atoms with Gasteiger partial charge in [0.25, 0.3) is 0 Å². The Bertz CT molecular complexity index is 953. The fraction of sp³-hybridized carbons (Fsp3) is 0.190. The molecule has 3 aromatic rings. The zero-order valence-corrected chi connectivity index (χ0v) is 15.6. The first-order valence-electron chi connectivity index (χ1n) is 8.38. The molecule has 0 aliphatic carbocycles. The van der Waals surface area contributed by atoms with E-state index in [2.05, 4.69) is 0 Å². The third kappa shape index (κ3) is 4.08. The molecule has 0 aliphatic heterocycles. The number of halogens is 4. The summed E-state index contributed by atoms with van der Waals surface area (Å²) in [4.78, 5) is 0. The summed E-state index contributed by atoms with van der Waals surface area (Å²) in [6.07, 6.45) is -0.747. The molecule has 27 heavy (non-hydrogen) atoms. The van der Waals surface area contributed by atoms with E-state index < -0.39 is 11.7 Å². The second kappa shape index (κ2) is 7.61. The summed E-state index contributed by atoms with van der Waals surface area (Å²) < 4.78 is 46.4. The van der Waals surface area contributed by atoms with Gasteiger partial charge in [0, 0.05) is 0 Å². The molecule has 140 valence electrons. The van der Waals surface area contributed by atoms with Crippen molar-refractivity contribution in [2.45, 2.75) is 19.6 Å². The quantitative estimate of drug-likeness (QED) is 0.495. The summed E-state index contributed by atoms with van der Waals surface area (Å²) in [6.45, 7) is 2.62. The van der Waals surface area contributed by atoms with E-state index in [1.807, 2.05) is 42.0 Å². The molecule has 0 saturated carbocycles. The van der Waals surface area contributed by atoms with Crippen LogP contribution in [0.3, 0.4) is 0 Å². The Balaban J connectivity index is 2.16. The first-order valence-corrected chi connectivity index (χ1v) is 8.76. The van der Waals surface area contributed by atoms with Crippen molar-refractivity contribution in [3.05, 3.63) is 71.5 Å². The van der Waals surface area contributed by atoms with Gasteiger partial charge >= 0.3 is 6.18 Å². The Morgan fingerprint density at radius 1 is 0.963 bits per heavy atom. The highest BCUT2D eigenvalue weighted by Crippen LogP contribution is 2.38. The molecule has 0 aliphatic rings. The molecule has 0 N–H and O–H groups in total. The van der Waals surface area contributed by atoms with Crippen LogP contribution >= 0.6 is 11.6 Å². The highest BCUT2D eigenvalue weighted by Gasteiger charge is 2.31. The van der Waals surface area contributed by atoms with Gasteiger partial charge in [0.2, 0.25) is 0 Å². The zero-order chi connectivity index (χ0) is 19.6. The average Bonchev–Trinajstić information content (AvgIpc) is 2.68. The number of benzene rings is 2. The molecule has 0 spiro atoms. The van der Waals surface area contributed by atoms with Crippen LogP contribution in [0.2, 0.25) is 5.02 Å². The maximum absolute atomic E-state index is 13.1. The molecule has 0 amide bonds. The maximum atomic E-state index is 13.1. The monoisotopic (exact) mass is 392 g/mol. The van der Waals surface area contributed by atoms with Gasteiger partial charge in [-0.2, -0.15) is 13.2 Å². The molecular weight excluding hydrogens is 375 g/mol. The summed E-state index contributed by atoms with van der Waals surface area (Å²) in [6, 6.07) is 12.6. The molecule has 2 nitrogen and oxygen atoms in total. The lowest BCUT2D eigenvalue weighted by atomic mass is 10.00. The van der Waals surface area contributed by atoms with Crippen LogP contribution < -0.4 is 9.30 Å².